The van der Waals surface area contributed by atoms with Gasteiger partial charge in [-0.2, -0.15) is 11.8 Å². The number of hydrogen-bond donors (Lipinski definition) is 1. The number of thioether (sulfide) groups is 1. The highest BCUT2D eigenvalue weighted by Crippen LogP contribution is 2.15. The van der Waals surface area contributed by atoms with Crippen LogP contribution in [0.4, 0.5) is 0 Å². The highest BCUT2D eigenvalue weighted by Gasteiger charge is 2.12. The lowest BCUT2D eigenvalue weighted by molar-refractivity contribution is 0.100. The number of hydrogen-bond acceptors (Lipinski definition) is 5. The molecule has 1 aliphatic rings. The number of primary amides is 1. The van der Waals surface area contributed by atoms with Gasteiger partial charge in [0.05, 0.1) is 12.1 Å². The molecule has 3 rings (SSSR count). The van der Waals surface area contributed by atoms with Crippen molar-refractivity contribution in [2.45, 2.75) is 6.54 Å². The molecule has 0 radical (unpaired) electrons. The standard InChI is InChI=1S/C14H16N4OS/c15-14(19)10-1-2-11-8-16-13(17-12(11)7-10)9-18-3-5-20-6-4-18/h1-2,7-8H,3-6,9H2,(H2,15,19). The predicted molar refractivity (Wildman–Crippen MR) is 80.7 cm³/mol. The van der Waals surface area contributed by atoms with Gasteiger partial charge >= 0.3 is 0 Å². The number of nitrogens with two attached hydrogens (primary N) is 1. The highest BCUT2D eigenvalue weighted by atomic mass is 32.2. The number of aromatic nitrogens is 2. The minimum atomic E-state index is -0.430. The summed E-state index contributed by atoms with van der Waals surface area (Å²) in [6, 6.07) is 5.27. The molecule has 0 atom stereocenters. The molecule has 1 aromatic carbocycles. The Hall–Kier alpha value is -1.66. The lowest BCUT2D eigenvalue weighted by Crippen LogP contribution is -2.32. The molecule has 1 aromatic heterocycles. The molecule has 1 aliphatic heterocycles. The first kappa shape index (κ1) is 13.3. The molecule has 6 heteroatoms. The van der Waals surface area contributed by atoms with Crippen LogP contribution in [0.1, 0.15) is 16.2 Å². The van der Waals surface area contributed by atoms with Crippen molar-refractivity contribution in [2.75, 3.05) is 24.6 Å². The van der Waals surface area contributed by atoms with E-state index in [1.165, 1.54) is 11.5 Å². The first-order valence-corrected chi connectivity index (χ1v) is 7.73. The van der Waals surface area contributed by atoms with Crippen molar-refractivity contribution in [1.82, 2.24) is 14.9 Å². The van der Waals surface area contributed by atoms with Crippen LogP contribution < -0.4 is 5.73 Å². The third-order valence-corrected chi connectivity index (χ3v) is 4.33. The molecule has 1 amide bonds. The maximum atomic E-state index is 11.2. The molecular weight excluding hydrogens is 272 g/mol. The van der Waals surface area contributed by atoms with Crippen molar-refractivity contribution < 1.29 is 4.79 Å². The second-order valence-corrected chi connectivity index (χ2v) is 6.04. The Balaban J connectivity index is 1.86. The summed E-state index contributed by atoms with van der Waals surface area (Å²) in [7, 11) is 0. The largest absolute Gasteiger partial charge is 0.366 e. The van der Waals surface area contributed by atoms with Crippen LogP contribution in [-0.2, 0) is 6.54 Å². The summed E-state index contributed by atoms with van der Waals surface area (Å²) >= 11 is 1.98. The zero-order valence-corrected chi connectivity index (χ0v) is 11.9. The van der Waals surface area contributed by atoms with Crippen LogP contribution in [0.3, 0.4) is 0 Å². The SMILES string of the molecule is NC(=O)c1ccc2cnc(CN3CCSCC3)nc2c1. The summed E-state index contributed by atoms with van der Waals surface area (Å²) in [5.74, 6) is 2.70. The maximum Gasteiger partial charge on any atom is 0.248 e. The minimum absolute atomic E-state index is 0.430. The van der Waals surface area contributed by atoms with E-state index >= 15 is 0 Å². The number of amides is 1. The van der Waals surface area contributed by atoms with Gasteiger partial charge in [0.15, 0.2) is 0 Å². The van der Waals surface area contributed by atoms with E-state index in [-0.39, 0.29) is 0 Å². The minimum Gasteiger partial charge on any atom is -0.366 e. The number of nitrogens with zero attached hydrogens (tertiary/aromatic N) is 3. The summed E-state index contributed by atoms with van der Waals surface area (Å²) in [6.45, 7) is 2.91. The van der Waals surface area contributed by atoms with Crippen LogP contribution >= 0.6 is 11.8 Å². The predicted octanol–water partition coefficient (Wildman–Crippen LogP) is 1.28. The lowest BCUT2D eigenvalue weighted by Gasteiger charge is -2.25. The third kappa shape index (κ3) is 2.91. The van der Waals surface area contributed by atoms with Gasteiger partial charge in [0.25, 0.3) is 0 Å². The zero-order valence-electron chi connectivity index (χ0n) is 11.1. The summed E-state index contributed by atoms with van der Waals surface area (Å²) in [5, 5.41) is 0.924. The Morgan fingerprint density at radius 3 is 2.90 bits per heavy atom. The van der Waals surface area contributed by atoms with Gasteiger partial charge in [0.1, 0.15) is 5.82 Å². The first-order chi connectivity index (χ1) is 9.72. The fourth-order valence-corrected chi connectivity index (χ4v) is 3.23. The fraction of sp³-hybridized carbons (Fsp3) is 0.357. The van der Waals surface area contributed by atoms with Crippen molar-refractivity contribution in [3.63, 3.8) is 0 Å². The highest BCUT2D eigenvalue weighted by molar-refractivity contribution is 7.99. The smallest absolute Gasteiger partial charge is 0.248 e. The second kappa shape index (κ2) is 5.76. The van der Waals surface area contributed by atoms with Crippen LogP contribution in [0.2, 0.25) is 0 Å². The third-order valence-electron chi connectivity index (χ3n) is 3.39. The number of carbonyl (C=O) groups excluding carboxylic acids is 1. The van der Waals surface area contributed by atoms with Gasteiger partial charge in [-0.25, -0.2) is 9.97 Å². The Morgan fingerprint density at radius 2 is 2.15 bits per heavy atom. The molecule has 1 saturated heterocycles. The molecular formula is C14H16N4OS. The van der Waals surface area contributed by atoms with Gasteiger partial charge in [-0.1, -0.05) is 6.07 Å². The Morgan fingerprint density at radius 1 is 1.35 bits per heavy atom. The van der Waals surface area contributed by atoms with Crippen molar-refractivity contribution in [2.24, 2.45) is 5.73 Å². The molecule has 104 valence electrons. The summed E-state index contributed by atoms with van der Waals surface area (Å²) < 4.78 is 0. The summed E-state index contributed by atoms with van der Waals surface area (Å²) in [6.07, 6.45) is 1.81. The van der Waals surface area contributed by atoms with E-state index in [0.29, 0.717) is 5.56 Å². The maximum absolute atomic E-state index is 11.2. The van der Waals surface area contributed by atoms with Gasteiger partial charge in [-0.3, -0.25) is 9.69 Å². The first-order valence-electron chi connectivity index (χ1n) is 6.58. The van der Waals surface area contributed by atoms with Crippen LogP contribution in [0.5, 0.6) is 0 Å². The molecule has 2 heterocycles. The Labute approximate surface area is 121 Å². The van der Waals surface area contributed by atoms with Crippen LogP contribution in [0.15, 0.2) is 24.4 Å². The number of benzene rings is 1. The monoisotopic (exact) mass is 288 g/mol. The molecule has 1 fully saturated rings. The van der Waals surface area contributed by atoms with Crippen molar-refractivity contribution in [3.05, 3.63) is 35.8 Å². The van der Waals surface area contributed by atoms with Gasteiger partial charge in [-0.15, -0.1) is 0 Å². The molecule has 0 unspecified atom stereocenters. The van der Waals surface area contributed by atoms with Crippen molar-refractivity contribution in [3.8, 4) is 0 Å². The van der Waals surface area contributed by atoms with Crippen molar-refractivity contribution >= 4 is 28.6 Å². The topological polar surface area (TPSA) is 72.1 Å². The molecule has 2 aromatic rings. The van der Waals surface area contributed by atoms with E-state index < -0.39 is 5.91 Å². The van der Waals surface area contributed by atoms with E-state index in [2.05, 4.69) is 14.9 Å². The van der Waals surface area contributed by atoms with Gasteiger partial charge < -0.3 is 5.73 Å². The molecule has 20 heavy (non-hydrogen) atoms. The summed E-state index contributed by atoms with van der Waals surface area (Å²) in [5.41, 5.74) is 6.56. The second-order valence-electron chi connectivity index (χ2n) is 4.81. The zero-order chi connectivity index (χ0) is 13.9. The number of fused-ring (bicyclic) bond motifs is 1. The molecule has 0 aliphatic carbocycles. The number of rotatable bonds is 3. The Kier molecular flexibility index (Phi) is 3.84. The van der Waals surface area contributed by atoms with Gasteiger partial charge in [-0.05, 0) is 12.1 Å². The molecule has 0 spiro atoms. The number of carbonyl (C=O) groups is 1. The normalized spacial score (nSPS) is 16.4. The van der Waals surface area contributed by atoms with E-state index in [9.17, 15) is 4.79 Å². The van der Waals surface area contributed by atoms with Crippen molar-refractivity contribution in [1.29, 1.82) is 0 Å². The van der Waals surface area contributed by atoms with E-state index in [4.69, 9.17) is 5.73 Å². The molecule has 5 nitrogen and oxygen atoms in total. The Bertz CT molecular complexity index is 640. The molecule has 0 bridgehead atoms. The molecule has 0 saturated carbocycles. The van der Waals surface area contributed by atoms with Crippen LogP contribution in [0, 0.1) is 0 Å². The van der Waals surface area contributed by atoms with Crippen LogP contribution in [-0.4, -0.2) is 45.4 Å². The van der Waals surface area contributed by atoms with Crippen LogP contribution in [0.25, 0.3) is 10.9 Å². The van der Waals surface area contributed by atoms with E-state index in [0.717, 1.165) is 36.4 Å². The molecule has 2 N–H and O–H groups in total. The average Bonchev–Trinajstić information content (AvgIpc) is 2.47. The van der Waals surface area contributed by atoms with E-state index in [1.54, 1.807) is 18.3 Å². The summed E-state index contributed by atoms with van der Waals surface area (Å²) in [4.78, 5) is 22.5. The quantitative estimate of drug-likeness (QED) is 0.921. The lowest BCUT2D eigenvalue weighted by atomic mass is 10.1. The fourth-order valence-electron chi connectivity index (χ4n) is 2.25. The van der Waals surface area contributed by atoms with E-state index in [1.807, 2.05) is 17.8 Å². The average molecular weight is 288 g/mol. The van der Waals surface area contributed by atoms with Gasteiger partial charge in [0, 0.05) is 41.7 Å². The van der Waals surface area contributed by atoms with Gasteiger partial charge in [0.2, 0.25) is 5.91 Å².